The predicted octanol–water partition coefficient (Wildman–Crippen LogP) is 1.98. The van der Waals surface area contributed by atoms with Crippen molar-refractivity contribution in [2.24, 2.45) is 0 Å². The highest BCUT2D eigenvalue weighted by Gasteiger charge is 2.22. The molecule has 1 saturated heterocycles. The number of likely N-dealkylation sites (N-methyl/N-ethyl adjacent to an activating group) is 1. The van der Waals surface area contributed by atoms with Crippen LogP contribution in [0.3, 0.4) is 0 Å². The first kappa shape index (κ1) is 14.4. The van der Waals surface area contributed by atoms with Gasteiger partial charge in [-0.25, -0.2) is 0 Å². The summed E-state index contributed by atoms with van der Waals surface area (Å²) in [5.74, 6) is 0. The van der Waals surface area contributed by atoms with Gasteiger partial charge in [-0.1, -0.05) is 25.1 Å². The number of nitrogens with zero attached hydrogens (tertiary/aromatic N) is 2. The Labute approximate surface area is 117 Å². The first-order valence-corrected chi connectivity index (χ1v) is 7.42. The number of para-hydroxylation sites is 1. The van der Waals surface area contributed by atoms with Crippen molar-refractivity contribution < 1.29 is 0 Å². The molecule has 19 heavy (non-hydrogen) atoms. The van der Waals surface area contributed by atoms with Gasteiger partial charge in [0.2, 0.25) is 0 Å². The first-order valence-electron chi connectivity index (χ1n) is 7.42. The van der Waals surface area contributed by atoms with Crippen molar-refractivity contribution in [3.63, 3.8) is 0 Å². The van der Waals surface area contributed by atoms with Crippen molar-refractivity contribution in [1.29, 1.82) is 0 Å². The number of hydrogen-bond acceptors (Lipinski definition) is 3. The molecule has 0 aromatic heterocycles. The average molecular weight is 261 g/mol. The summed E-state index contributed by atoms with van der Waals surface area (Å²) in [6.45, 7) is 6.72. The van der Waals surface area contributed by atoms with Crippen molar-refractivity contribution in [3.05, 3.63) is 29.8 Å². The van der Waals surface area contributed by atoms with Gasteiger partial charge < -0.3 is 15.1 Å². The van der Waals surface area contributed by atoms with Crippen molar-refractivity contribution in [1.82, 2.24) is 10.2 Å². The Morgan fingerprint density at radius 2 is 2.11 bits per heavy atom. The van der Waals surface area contributed by atoms with Gasteiger partial charge >= 0.3 is 0 Å². The largest absolute Gasteiger partial charge is 0.366 e. The molecule has 0 saturated carbocycles. The molecule has 1 heterocycles. The molecule has 0 aliphatic carbocycles. The fraction of sp³-hybridized carbons (Fsp3) is 0.625. The topological polar surface area (TPSA) is 18.5 Å². The van der Waals surface area contributed by atoms with E-state index in [0.717, 1.165) is 32.6 Å². The molecule has 1 unspecified atom stereocenters. The van der Waals surface area contributed by atoms with E-state index in [4.69, 9.17) is 0 Å². The number of hydrogen-bond donors (Lipinski definition) is 1. The molecule has 0 spiro atoms. The number of benzene rings is 1. The van der Waals surface area contributed by atoms with Crippen LogP contribution in [0.1, 0.15) is 18.9 Å². The van der Waals surface area contributed by atoms with E-state index in [2.05, 4.69) is 60.4 Å². The van der Waals surface area contributed by atoms with Gasteiger partial charge in [0.25, 0.3) is 0 Å². The molecule has 1 N–H and O–H groups in total. The van der Waals surface area contributed by atoms with Crippen LogP contribution < -0.4 is 10.2 Å². The SMILES string of the molecule is CCc1ccccc1N1CCCNCC1CN(C)C. The van der Waals surface area contributed by atoms with Gasteiger partial charge in [-0.05, 0) is 45.1 Å². The zero-order chi connectivity index (χ0) is 13.7. The zero-order valence-corrected chi connectivity index (χ0v) is 12.5. The molecule has 3 heteroatoms. The fourth-order valence-corrected chi connectivity index (χ4v) is 2.93. The Hall–Kier alpha value is -1.06. The fourth-order valence-electron chi connectivity index (χ4n) is 2.93. The van der Waals surface area contributed by atoms with E-state index in [9.17, 15) is 0 Å². The van der Waals surface area contributed by atoms with Crippen LogP contribution in [0.15, 0.2) is 24.3 Å². The minimum atomic E-state index is 0.560. The summed E-state index contributed by atoms with van der Waals surface area (Å²) < 4.78 is 0. The molecule has 0 amide bonds. The van der Waals surface area contributed by atoms with Crippen LogP contribution in [0.4, 0.5) is 5.69 Å². The van der Waals surface area contributed by atoms with E-state index in [-0.39, 0.29) is 0 Å². The van der Waals surface area contributed by atoms with Gasteiger partial charge in [0.05, 0.1) is 6.04 Å². The van der Waals surface area contributed by atoms with Gasteiger partial charge in [0.1, 0.15) is 0 Å². The summed E-state index contributed by atoms with van der Waals surface area (Å²) in [7, 11) is 4.32. The molecule has 0 radical (unpaired) electrons. The van der Waals surface area contributed by atoms with E-state index < -0.39 is 0 Å². The second kappa shape index (κ2) is 6.92. The van der Waals surface area contributed by atoms with Gasteiger partial charge in [0, 0.05) is 25.3 Å². The third kappa shape index (κ3) is 3.71. The second-order valence-electron chi connectivity index (χ2n) is 5.65. The van der Waals surface area contributed by atoms with Crippen molar-refractivity contribution in [2.45, 2.75) is 25.8 Å². The van der Waals surface area contributed by atoms with Gasteiger partial charge in [0.15, 0.2) is 0 Å². The van der Waals surface area contributed by atoms with Crippen molar-refractivity contribution >= 4 is 5.69 Å². The minimum Gasteiger partial charge on any atom is -0.366 e. The van der Waals surface area contributed by atoms with Gasteiger partial charge in [-0.3, -0.25) is 0 Å². The lowest BCUT2D eigenvalue weighted by Crippen LogP contribution is -2.46. The van der Waals surface area contributed by atoms with Crippen LogP contribution >= 0.6 is 0 Å². The standard InChI is InChI=1S/C16H27N3/c1-4-14-8-5-6-9-16(14)19-11-7-10-17-12-15(19)13-18(2)3/h5-6,8-9,15,17H,4,7,10-13H2,1-3H3. The monoisotopic (exact) mass is 261 g/mol. The lowest BCUT2D eigenvalue weighted by molar-refractivity contribution is 0.361. The zero-order valence-electron chi connectivity index (χ0n) is 12.5. The Kier molecular flexibility index (Phi) is 5.23. The van der Waals surface area contributed by atoms with Crippen LogP contribution in [-0.4, -0.2) is 51.2 Å². The molecule has 1 fully saturated rings. The highest BCUT2D eigenvalue weighted by Crippen LogP contribution is 2.24. The summed E-state index contributed by atoms with van der Waals surface area (Å²) in [6, 6.07) is 9.43. The maximum atomic E-state index is 3.57. The van der Waals surface area contributed by atoms with E-state index in [1.807, 2.05) is 0 Å². The molecule has 1 aliphatic rings. The lowest BCUT2D eigenvalue weighted by atomic mass is 10.1. The molecule has 1 aromatic rings. The Morgan fingerprint density at radius 3 is 2.84 bits per heavy atom. The Balaban J connectivity index is 2.25. The predicted molar refractivity (Wildman–Crippen MR) is 83.0 cm³/mol. The van der Waals surface area contributed by atoms with E-state index in [1.54, 1.807) is 0 Å². The summed E-state index contributed by atoms with van der Waals surface area (Å²) in [4.78, 5) is 4.90. The smallest absolute Gasteiger partial charge is 0.0541 e. The molecular weight excluding hydrogens is 234 g/mol. The number of anilines is 1. The number of nitrogens with one attached hydrogen (secondary N) is 1. The first-order chi connectivity index (χ1) is 9.22. The van der Waals surface area contributed by atoms with Crippen LogP contribution in [0.25, 0.3) is 0 Å². The third-order valence-electron chi connectivity index (χ3n) is 3.83. The molecule has 2 rings (SSSR count). The van der Waals surface area contributed by atoms with Gasteiger partial charge in [-0.15, -0.1) is 0 Å². The maximum Gasteiger partial charge on any atom is 0.0541 e. The lowest BCUT2D eigenvalue weighted by Gasteiger charge is -2.35. The van der Waals surface area contributed by atoms with Crippen molar-refractivity contribution in [2.75, 3.05) is 45.2 Å². The quantitative estimate of drug-likeness (QED) is 0.894. The summed E-state index contributed by atoms with van der Waals surface area (Å²) in [6.07, 6.45) is 2.33. The summed E-state index contributed by atoms with van der Waals surface area (Å²) >= 11 is 0. The molecule has 1 atom stereocenters. The van der Waals surface area contributed by atoms with E-state index in [1.165, 1.54) is 17.7 Å². The normalized spacial score (nSPS) is 20.6. The molecule has 106 valence electrons. The molecule has 1 aromatic carbocycles. The second-order valence-corrected chi connectivity index (χ2v) is 5.65. The summed E-state index contributed by atoms with van der Waals surface area (Å²) in [5.41, 5.74) is 2.90. The van der Waals surface area contributed by atoms with Crippen LogP contribution in [0.5, 0.6) is 0 Å². The number of aryl methyl sites for hydroxylation is 1. The molecule has 1 aliphatic heterocycles. The van der Waals surface area contributed by atoms with E-state index >= 15 is 0 Å². The van der Waals surface area contributed by atoms with Crippen LogP contribution in [-0.2, 0) is 6.42 Å². The highest BCUT2D eigenvalue weighted by molar-refractivity contribution is 5.54. The van der Waals surface area contributed by atoms with Crippen LogP contribution in [0, 0.1) is 0 Å². The average Bonchev–Trinajstić information content (AvgIpc) is 2.63. The summed E-state index contributed by atoms with van der Waals surface area (Å²) in [5, 5.41) is 3.57. The van der Waals surface area contributed by atoms with Crippen LogP contribution in [0.2, 0.25) is 0 Å². The van der Waals surface area contributed by atoms with Gasteiger partial charge in [-0.2, -0.15) is 0 Å². The Morgan fingerprint density at radius 1 is 1.32 bits per heavy atom. The number of rotatable bonds is 4. The molecule has 3 nitrogen and oxygen atoms in total. The highest BCUT2D eigenvalue weighted by atomic mass is 15.2. The molecular formula is C16H27N3. The van der Waals surface area contributed by atoms with E-state index in [0.29, 0.717) is 6.04 Å². The maximum absolute atomic E-state index is 3.57. The third-order valence-corrected chi connectivity index (χ3v) is 3.83. The minimum absolute atomic E-state index is 0.560. The molecule has 0 bridgehead atoms. The van der Waals surface area contributed by atoms with Crippen molar-refractivity contribution in [3.8, 4) is 0 Å². The Bertz CT molecular complexity index is 389.